The van der Waals surface area contributed by atoms with E-state index < -0.39 is 12.1 Å². The molecule has 0 saturated heterocycles. The van der Waals surface area contributed by atoms with Gasteiger partial charge in [-0.25, -0.2) is 4.79 Å². The molecule has 0 heterocycles. The van der Waals surface area contributed by atoms with Crippen molar-refractivity contribution < 1.29 is 19.7 Å². The Morgan fingerprint density at radius 3 is 2.44 bits per heavy atom. The molecule has 36 heavy (non-hydrogen) atoms. The van der Waals surface area contributed by atoms with E-state index in [4.69, 9.17) is 16.3 Å². The van der Waals surface area contributed by atoms with Crippen LogP contribution in [0.3, 0.4) is 0 Å². The number of hydrogen-bond donors (Lipinski definition) is 3. The molecule has 0 bridgehead atoms. The SMILES string of the molecule is Cc1cc(CC(C)(C)NC[C@@H](O)CO[C@H](C)c2ccccc2-c2ccc(C(=O)O)c(C)c2)ccc1Cl. The molecule has 5 nitrogen and oxygen atoms in total. The monoisotopic (exact) mass is 509 g/mol. The number of aliphatic hydroxyl groups excluding tert-OH is 1. The molecule has 192 valence electrons. The molecule has 3 aromatic rings. The number of benzene rings is 3. The van der Waals surface area contributed by atoms with Gasteiger partial charge in [-0.15, -0.1) is 0 Å². The third-order valence-corrected chi connectivity index (χ3v) is 6.81. The number of carbonyl (C=O) groups is 1. The molecule has 3 N–H and O–H groups in total. The summed E-state index contributed by atoms with van der Waals surface area (Å²) in [6, 6.07) is 19.3. The van der Waals surface area contributed by atoms with Gasteiger partial charge in [0.05, 0.1) is 24.4 Å². The van der Waals surface area contributed by atoms with Gasteiger partial charge >= 0.3 is 5.97 Å². The molecule has 0 spiro atoms. The van der Waals surface area contributed by atoms with Crippen LogP contribution in [0.2, 0.25) is 5.02 Å². The normalized spacial score (nSPS) is 13.4. The number of β-amino-alcohol motifs (C(OH)–C–C–N with tert-alkyl or cyclic N) is 1. The predicted molar refractivity (Wildman–Crippen MR) is 146 cm³/mol. The summed E-state index contributed by atoms with van der Waals surface area (Å²) in [7, 11) is 0. The van der Waals surface area contributed by atoms with E-state index in [1.54, 1.807) is 13.0 Å². The molecule has 3 rings (SSSR count). The van der Waals surface area contributed by atoms with Crippen LogP contribution in [-0.2, 0) is 11.2 Å². The maximum atomic E-state index is 11.4. The Labute approximate surface area is 219 Å². The maximum absolute atomic E-state index is 11.4. The van der Waals surface area contributed by atoms with Crippen molar-refractivity contribution in [3.05, 3.63) is 93.5 Å². The van der Waals surface area contributed by atoms with Crippen molar-refractivity contribution in [2.45, 2.75) is 58.8 Å². The zero-order valence-electron chi connectivity index (χ0n) is 21.6. The van der Waals surface area contributed by atoms with Crippen molar-refractivity contribution >= 4 is 17.6 Å². The van der Waals surface area contributed by atoms with Gasteiger partial charge in [0, 0.05) is 17.1 Å². The highest BCUT2D eigenvalue weighted by atomic mass is 35.5. The average molecular weight is 510 g/mol. The van der Waals surface area contributed by atoms with E-state index in [2.05, 4.69) is 25.2 Å². The molecule has 0 aliphatic carbocycles. The smallest absolute Gasteiger partial charge is 0.335 e. The second-order valence-electron chi connectivity index (χ2n) is 10.1. The van der Waals surface area contributed by atoms with Crippen LogP contribution >= 0.6 is 11.6 Å². The fourth-order valence-electron chi connectivity index (χ4n) is 4.37. The Kier molecular flexibility index (Phi) is 9.31. The molecule has 2 atom stereocenters. The Morgan fingerprint density at radius 1 is 1.06 bits per heavy atom. The predicted octanol–water partition coefficient (Wildman–Crippen LogP) is 6.37. The fourth-order valence-corrected chi connectivity index (χ4v) is 4.49. The summed E-state index contributed by atoms with van der Waals surface area (Å²) in [6.45, 7) is 10.6. The van der Waals surface area contributed by atoms with Crippen molar-refractivity contribution in [1.82, 2.24) is 5.32 Å². The first-order chi connectivity index (χ1) is 17.0. The van der Waals surface area contributed by atoms with E-state index in [9.17, 15) is 15.0 Å². The minimum atomic E-state index is -0.932. The quantitative estimate of drug-likeness (QED) is 0.280. The third-order valence-electron chi connectivity index (χ3n) is 6.39. The lowest BCUT2D eigenvalue weighted by molar-refractivity contribution is -0.00397. The van der Waals surface area contributed by atoms with Crippen LogP contribution in [-0.4, -0.2) is 41.0 Å². The Morgan fingerprint density at radius 2 is 1.78 bits per heavy atom. The van der Waals surface area contributed by atoms with Crippen molar-refractivity contribution in [3.63, 3.8) is 0 Å². The molecule has 0 aliphatic rings. The number of aryl methyl sites for hydroxylation is 2. The molecule has 3 aromatic carbocycles. The lowest BCUT2D eigenvalue weighted by Gasteiger charge is -2.28. The molecule has 0 amide bonds. The minimum Gasteiger partial charge on any atom is -0.478 e. The highest BCUT2D eigenvalue weighted by molar-refractivity contribution is 6.31. The average Bonchev–Trinajstić information content (AvgIpc) is 2.83. The lowest BCUT2D eigenvalue weighted by atomic mass is 9.94. The van der Waals surface area contributed by atoms with Crippen molar-refractivity contribution in [2.24, 2.45) is 0 Å². The lowest BCUT2D eigenvalue weighted by Crippen LogP contribution is -2.46. The second-order valence-corrected chi connectivity index (χ2v) is 10.5. The van der Waals surface area contributed by atoms with Gasteiger partial charge in [-0.3, -0.25) is 0 Å². The highest BCUT2D eigenvalue weighted by Crippen LogP contribution is 2.31. The number of aliphatic hydroxyl groups is 1. The van der Waals surface area contributed by atoms with Gasteiger partial charge in [0.1, 0.15) is 0 Å². The van der Waals surface area contributed by atoms with E-state index in [1.165, 1.54) is 5.56 Å². The summed E-state index contributed by atoms with van der Waals surface area (Å²) in [6.07, 6.45) is -0.106. The van der Waals surface area contributed by atoms with Gasteiger partial charge in [-0.2, -0.15) is 0 Å². The van der Waals surface area contributed by atoms with Gasteiger partial charge in [0.2, 0.25) is 0 Å². The fraction of sp³-hybridized carbons (Fsp3) is 0.367. The van der Waals surface area contributed by atoms with Gasteiger partial charge < -0.3 is 20.3 Å². The van der Waals surface area contributed by atoms with E-state index in [0.717, 1.165) is 33.7 Å². The summed E-state index contributed by atoms with van der Waals surface area (Å²) in [5, 5.41) is 24.1. The number of carboxylic acids is 1. The van der Waals surface area contributed by atoms with Crippen LogP contribution in [0, 0.1) is 13.8 Å². The number of hydrogen-bond acceptors (Lipinski definition) is 4. The van der Waals surface area contributed by atoms with Crippen molar-refractivity contribution in [3.8, 4) is 11.1 Å². The highest BCUT2D eigenvalue weighted by Gasteiger charge is 2.21. The molecule has 0 unspecified atom stereocenters. The summed E-state index contributed by atoms with van der Waals surface area (Å²) in [5.74, 6) is -0.932. The Hall–Kier alpha value is -2.70. The van der Waals surface area contributed by atoms with Crippen molar-refractivity contribution in [1.29, 1.82) is 0 Å². The van der Waals surface area contributed by atoms with E-state index >= 15 is 0 Å². The zero-order valence-corrected chi connectivity index (χ0v) is 22.4. The number of halogens is 1. The molecule has 0 fully saturated rings. The van der Waals surface area contributed by atoms with Crippen LogP contribution in [0.1, 0.15) is 59.5 Å². The van der Waals surface area contributed by atoms with Gasteiger partial charge in [-0.05, 0) is 86.6 Å². The zero-order chi connectivity index (χ0) is 26.5. The number of carboxylic acid groups (broad SMARTS) is 1. The van der Waals surface area contributed by atoms with E-state index in [-0.39, 0.29) is 18.2 Å². The number of nitrogens with one attached hydrogen (secondary N) is 1. The number of aromatic carboxylic acids is 1. The molecule has 0 aromatic heterocycles. The van der Waals surface area contributed by atoms with Crippen LogP contribution < -0.4 is 5.32 Å². The van der Waals surface area contributed by atoms with E-state index in [0.29, 0.717) is 17.7 Å². The minimum absolute atomic E-state index is 0.190. The summed E-state index contributed by atoms with van der Waals surface area (Å²) in [4.78, 5) is 11.4. The summed E-state index contributed by atoms with van der Waals surface area (Å²) >= 11 is 6.14. The largest absolute Gasteiger partial charge is 0.478 e. The first kappa shape index (κ1) is 27.9. The number of rotatable bonds is 11. The number of ether oxygens (including phenoxy) is 1. The molecule has 0 saturated carbocycles. The Bertz CT molecular complexity index is 1210. The molecule has 0 radical (unpaired) electrons. The second kappa shape index (κ2) is 12.0. The van der Waals surface area contributed by atoms with Gasteiger partial charge in [0.25, 0.3) is 0 Å². The maximum Gasteiger partial charge on any atom is 0.335 e. The molecule has 0 aliphatic heterocycles. The standard InChI is InChI=1S/C30H36ClNO4/c1-19-15-23(11-12-25(19)29(34)35)27-9-7-6-8-26(27)21(3)36-18-24(33)17-32-30(4,5)16-22-10-13-28(31)20(2)14-22/h6-15,21,24,32-33H,16-18H2,1-5H3,(H,34,35)/t21-,24-/m1/s1. The first-order valence-corrected chi connectivity index (χ1v) is 12.6. The molecular weight excluding hydrogens is 474 g/mol. The van der Waals surface area contributed by atoms with E-state index in [1.807, 2.05) is 62.4 Å². The first-order valence-electron chi connectivity index (χ1n) is 12.2. The van der Waals surface area contributed by atoms with Crippen LogP contribution in [0.15, 0.2) is 60.7 Å². The van der Waals surface area contributed by atoms with Gasteiger partial charge in [-0.1, -0.05) is 60.1 Å². The van der Waals surface area contributed by atoms with Crippen molar-refractivity contribution in [2.75, 3.05) is 13.2 Å². The van der Waals surface area contributed by atoms with Gasteiger partial charge in [0.15, 0.2) is 0 Å². The third kappa shape index (κ3) is 7.40. The molecular formula is C30H36ClNO4. The van der Waals surface area contributed by atoms with Crippen LogP contribution in [0.25, 0.3) is 11.1 Å². The van der Waals surface area contributed by atoms with Crippen LogP contribution in [0.4, 0.5) is 0 Å². The summed E-state index contributed by atoms with van der Waals surface area (Å²) < 4.78 is 6.06. The topological polar surface area (TPSA) is 78.8 Å². The van der Waals surface area contributed by atoms with Crippen LogP contribution in [0.5, 0.6) is 0 Å². The molecule has 6 heteroatoms. The Balaban J connectivity index is 1.59. The summed E-state index contributed by atoms with van der Waals surface area (Å²) in [5.41, 5.74) is 5.95.